The Hall–Kier alpha value is -3.61. The van der Waals surface area contributed by atoms with Crippen LogP contribution in [0.2, 0.25) is 0 Å². The number of nitrogens with zero attached hydrogens (tertiary/aromatic N) is 3. The van der Waals surface area contributed by atoms with Crippen molar-refractivity contribution >= 4 is 5.91 Å². The molecule has 0 aliphatic carbocycles. The Morgan fingerprint density at radius 1 is 1.07 bits per heavy atom. The van der Waals surface area contributed by atoms with Gasteiger partial charge in [-0.3, -0.25) is 4.79 Å². The Kier molecular flexibility index (Phi) is 6.63. The maximum Gasteiger partial charge on any atom is 0.246 e. The number of rotatable bonds is 9. The molecule has 29 heavy (non-hydrogen) atoms. The molecule has 0 atom stereocenters. The molecule has 0 saturated carbocycles. The Balaban J connectivity index is 1.68. The van der Waals surface area contributed by atoms with Gasteiger partial charge >= 0.3 is 0 Å². The SMILES string of the molecule is C=CCN(Cc1nc(-c2ccc(OC)cc2)no1)C(=O)Cc1ccc(OC)cc1. The van der Waals surface area contributed by atoms with E-state index in [1.165, 1.54) is 0 Å². The van der Waals surface area contributed by atoms with E-state index in [1.807, 2.05) is 48.5 Å². The minimum absolute atomic E-state index is 0.0562. The lowest BCUT2D eigenvalue weighted by Crippen LogP contribution is -2.32. The standard InChI is InChI=1S/C22H23N3O4/c1-4-13-25(21(26)14-16-5-9-18(27-2)10-6-16)15-20-23-22(24-29-20)17-7-11-19(28-3)12-8-17/h4-12H,1,13-15H2,2-3H3. The highest BCUT2D eigenvalue weighted by Gasteiger charge is 2.18. The van der Waals surface area contributed by atoms with E-state index in [0.29, 0.717) is 18.3 Å². The Morgan fingerprint density at radius 2 is 1.69 bits per heavy atom. The van der Waals surface area contributed by atoms with Crippen LogP contribution in [0.1, 0.15) is 11.5 Å². The molecule has 1 aromatic heterocycles. The van der Waals surface area contributed by atoms with Crippen LogP contribution in [0.15, 0.2) is 65.7 Å². The smallest absolute Gasteiger partial charge is 0.246 e. The van der Waals surface area contributed by atoms with Gasteiger partial charge in [0, 0.05) is 12.1 Å². The first kappa shape index (κ1) is 20.1. The van der Waals surface area contributed by atoms with Crippen molar-refractivity contribution < 1.29 is 18.8 Å². The van der Waals surface area contributed by atoms with Gasteiger partial charge in [0.05, 0.1) is 20.6 Å². The first-order chi connectivity index (χ1) is 14.1. The number of carbonyl (C=O) groups excluding carboxylic acids is 1. The van der Waals surface area contributed by atoms with Gasteiger partial charge in [0.1, 0.15) is 18.0 Å². The third kappa shape index (κ3) is 5.22. The van der Waals surface area contributed by atoms with Crippen molar-refractivity contribution in [3.05, 3.63) is 72.6 Å². The molecule has 150 valence electrons. The summed E-state index contributed by atoms with van der Waals surface area (Å²) in [7, 11) is 3.22. The van der Waals surface area contributed by atoms with Crippen LogP contribution in [0.5, 0.6) is 11.5 Å². The molecule has 0 aliphatic rings. The number of benzene rings is 2. The first-order valence-corrected chi connectivity index (χ1v) is 9.11. The number of carbonyl (C=O) groups is 1. The van der Waals surface area contributed by atoms with Crippen molar-refractivity contribution in [1.82, 2.24) is 15.0 Å². The molecular weight excluding hydrogens is 370 g/mol. The van der Waals surface area contributed by atoms with Gasteiger partial charge in [0.25, 0.3) is 0 Å². The fraction of sp³-hybridized carbons (Fsp3) is 0.227. The summed E-state index contributed by atoms with van der Waals surface area (Å²) < 4.78 is 15.6. The van der Waals surface area contributed by atoms with E-state index in [2.05, 4.69) is 16.7 Å². The molecule has 1 amide bonds. The molecule has 0 unspecified atom stereocenters. The monoisotopic (exact) mass is 393 g/mol. The summed E-state index contributed by atoms with van der Waals surface area (Å²) >= 11 is 0. The van der Waals surface area contributed by atoms with Gasteiger partial charge in [-0.05, 0) is 42.0 Å². The van der Waals surface area contributed by atoms with E-state index in [1.54, 1.807) is 25.2 Å². The molecule has 0 saturated heterocycles. The van der Waals surface area contributed by atoms with Crippen LogP contribution in [-0.2, 0) is 17.8 Å². The number of hydrogen-bond acceptors (Lipinski definition) is 6. The van der Waals surface area contributed by atoms with Gasteiger partial charge in [0.15, 0.2) is 0 Å². The summed E-state index contributed by atoms with van der Waals surface area (Å²) in [6.07, 6.45) is 1.93. The predicted molar refractivity (Wildman–Crippen MR) is 109 cm³/mol. The molecule has 7 heteroatoms. The fourth-order valence-corrected chi connectivity index (χ4v) is 2.78. The van der Waals surface area contributed by atoms with Crippen molar-refractivity contribution in [2.24, 2.45) is 0 Å². The zero-order chi connectivity index (χ0) is 20.6. The molecule has 0 aliphatic heterocycles. The molecule has 3 rings (SSSR count). The number of aromatic nitrogens is 2. The molecule has 7 nitrogen and oxygen atoms in total. The molecule has 0 fully saturated rings. The van der Waals surface area contributed by atoms with Crippen LogP contribution < -0.4 is 9.47 Å². The van der Waals surface area contributed by atoms with Crippen molar-refractivity contribution in [2.75, 3.05) is 20.8 Å². The summed E-state index contributed by atoms with van der Waals surface area (Å²) in [5.41, 5.74) is 1.70. The molecule has 2 aromatic carbocycles. The predicted octanol–water partition coefficient (Wildman–Crippen LogP) is 3.51. The van der Waals surface area contributed by atoms with Crippen LogP contribution in [0.25, 0.3) is 11.4 Å². The lowest BCUT2D eigenvalue weighted by molar-refractivity contribution is -0.130. The first-order valence-electron chi connectivity index (χ1n) is 9.11. The lowest BCUT2D eigenvalue weighted by atomic mass is 10.1. The maximum atomic E-state index is 12.8. The second kappa shape index (κ2) is 9.54. The quantitative estimate of drug-likeness (QED) is 0.518. The highest BCUT2D eigenvalue weighted by atomic mass is 16.5. The van der Waals surface area contributed by atoms with E-state index >= 15 is 0 Å². The van der Waals surface area contributed by atoms with Gasteiger partial charge in [0.2, 0.25) is 17.6 Å². The molecule has 1 heterocycles. The van der Waals surface area contributed by atoms with Gasteiger partial charge in [-0.1, -0.05) is 23.4 Å². The maximum absolute atomic E-state index is 12.8. The Labute approximate surface area is 169 Å². The second-order valence-electron chi connectivity index (χ2n) is 6.33. The summed E-state index contributed by atoms with van der Waals surface area (Å²) in [5.74, 6) is 2.27. The van der Waals surface area contributed by atoms with Gasteiger partial charge in [-0.15, -0.1) is 6.58 Å². The molecule has 0 bridgehead atoms. The summed E-state index contributed by atoms with van der Waals surface area (Å²) in [5, 5.41) is 4.01. The van der Waals surface area contributed by atoms with Crippen molar-refractivity contribution in [2.45, 2.75) is 13.0 Å². The van der Waals surface area contributed by atoms with E-state index in [4.69, 9.17) is 14.0 Å². The van der Waals surface area contributed by atoms with Crippen molar-refractivity contribution in [3.63, 3.8) is 0 Å². The normalized spacial score (nSPS) is 10.4. The number of amides is 1. The van der Waals surface area contributed by atoms with Crippen LogP contribution in [0, 0.1) is 0 Å². The zero-order valence-corrected chi connectivity index (χ0v) is 16.5. The van der Waals surface area contributed by atoms with Gasteiger partial charge in [-0.25, -0.2) is 0 Å². The van der Waals surface area contributed by atoms with E-state index in [-0.39, 0.29) is 18.9 Å². The largest absolute Gasteiger partial charge is 0.497 e. The fourth-order valence-electron chi connectivity index (χ4n) is 2.78. The van der Waals surface area contributed by atoms with E-state index < -0.39 is 0 Å². The summed E-state index contributed by atoms with van der Waals surface area (Å²) in [6, 6.07) is 14.8. The molecular formula is C22H23N3O4. The van der Waals surface area contributed by atoms with Crippen LogP contribution >= 0.6 is 0 Å². The van der Waals surface area contributed by atoms with Gasteiger partial charge in [-0.2, -0.15) is 4.98 Å². The zero-order valence-electron chi connectivity index (χ0n) is 16.5. The average Bonchev–Trinajstić information content (AvgIpc) is 3.22. The Bertz CT molecular complexity index is 949. The number of methoxy groups -OCH3 is 2. The number of ether oxygens (including phenoxy) is 2. The molecule has 0 N–H and O–H groups in total. The third-order valence-corrected chi connectivity index (χ3v) is 4.36. The minimum atomic E-state index is -0.0562. The second-order valence-corrected chi connectivity index (χ2v) is 6.33. The molecule has 0 spiro atoms. The highest BCUT2D eigenvalue weighted by molar-refractivity contribution is 5.79. The highest BCUT2D eigenvalue weighted by Crippen LogP contribution is 2.20. The lowest BCUT2D eigenvalue weighted by Gasteiger charge is -2.19. The van der Waals surface area contributed by atoms with Crippen LogP contribution in [0.3, 0.4) is 0 Å². The van der Waals surface area contributed by atoms with Crippen molar-refractivity contribution in [3.8, 4) is 22.9 Å². The van der Waals surface area contributed by atoms with Crippen molar-refractivity contribution in [1.29, 1.82) is 0 Å². The topological polar surface area (TPSA) is 77.7 Å². The van der Waals surface area contributed by atoms with E-state index in [0.717, 1.165) is 22.6 Å². The Morgan fingerprint density at radius 3 is 2.28 bits per heavy atom. The molecule has 0 radical (unpaired) electrons. The van der Waals surface area contributed by atoms with Crippen LogP contribution in [-0.4, -0.2) is 41.7 Å². The minimum Gasteiger partial charge on any atom is -0.497 e. The number of hydrogen-bond donors (Lipinski definition) is 0. The van der Waals surface area contributed by atoms with E-state index in [9.17, 15) is 4.79 Å². The summed E-state index contributed by atoms with van der Waals surface area (Å²) in [4.78, 5) is 18.8. The third-order valence-electron chi connectivity index (χ3n) is 4.36. The van der Waals surface area contributed by atoms with Crippen LogP contribution in [0.4, 0.5) is 0 Å². The average molecular weight is 393 g/mol. The molecule has 3 aromatic rings. The van der Waals surface area contributed by atoms with Gasteiger partial charge < -0.3 is 18.9 Å². The summed E-state index contributed by atoms with van der Waals surface area (Å²) in [6.45, 7) is 4.33.